The molecule has 5 heteroatoms. The second-order valence-electron chi connectivity index (χ2n) is 7.11. The lowest BCUT2D eigenvalue weighted by Gasteiger charge is -2.12. The number of carbonyl (C=O) groups excluding carboxylic acids is 1. The molecule has 0 saturated carbocycles. The molecule has 1 N–H and O–H groups in total. The zero-order chi connectivity index (χ0) is 20.9. The minimum Gasteiger partial charge on any atom is -0.352 e. The van der Waals surface area contributed by atoms with Gasteiger partial charge in [0, 0.05) is 24.2 Å². The number of amides is 1. The van der Waals surface area contributed by atoms with Crippen molar-refractivity contribution in [3.63, 3.8) is 0 Å². The van der Waals surface area contributed by atoms with Crippen LogP contribution in [0.4, 0.5) is 0 Å². The third-order valence-electron chi connectivity index (χ3n) is 5.20. The Balaban J connectivity index is 1.45. The molecular weight excluding hydrogens is 372 g/mol. The first kappa shape index (κ1) is 19.4. The molecule has 0 radical (unpaired) electrons. The Morgan fingerprint density at radius 3 is 2.53 bits per heavy atom. The van der Waals surface area contributed by atoms with Gasteiger partial charge in [-0.05, 0) is 43.2 Å². The maximum atomic E-state index is 12.9. The van der Waals surface area contributed by atoms with E-state index in [2.05, 4.69) is 27.0 Å². The van der Waals surface area contributed by atoms with Gasteiger partial charge in [0.15, 0.2) is 0 Å². The van der Waals surface area contributed by atoms with Crippen molar-refractivity contribution in [3.8, 4) is 17.2 Å². The third kappa shape index (κ3) is 3.81. The molecule has 0 fully saturated rings. The van der Waals surface area contributed by atoms with Crippen molar-refractivity contribution in [2.75, 3.05) is 6.54 Å². The van der Waals surface area contributed by atoms with Crippen LogP contribution < -0.4 is 5.32 Å². The first-order valence-electron chi connectivity index (χ1n) is 9.97. The Morgan fingerprint density at radius 2 is 1.70 bits per heavy atom. The number of benzene rings is 3. The van der Waals surface area contributed by atoms with E-state index in [-0.39, 0.29) is 5.91 Å². The van der Waals surface area contributed by atoms with E-state index in [1.165, 1.54) is 0 Å². The Bertz CT molecular complexity index is 1250. The second kappa shape index (κ2) is 8.62. The predicted molar refractivity (Wildman–Crippen MR) is 118 cm³/mol. The zero-order valence-electron chi connectivity index (χ0n) is 16.8. The van der Waals surface area contributed by atoms with Crippen LogP contribution in [0, 0.1) is 18.3 Å². The van der Waals surface area contributed by atoms with Crippen LogP contribution in [0.1, 0.15) is 28.2 Å². The van der Waals surface area contributed by atoms with Crippen LogP contribution in [0.15, 0.2) is 72.8 Å². The van der Waals surface area contributed by atoms with Gasteiger partial charge in [0.25, 0.3) is 5.91 Å². The van der Waals surface area contributed by atoms with E-state index < -0.39 is 0 Å². The van der Waals surface area contributed by atoms with E-state index in [1.807, 2.05) is 61.5 Å². The summed E-state index contributed by atoms with van der Waals surface area (Å²) in [7, 11) is 0. The Hall–Kier alpha value is -3.91. The number of nitrogens with one attached hydrogen (secondary N) is 1. The van der Waals surface area contributed by atoms with Crippen molar-refractivity contribution in [2.45, 2.75) is 19.9 Å². The number of nitriles is 1. The molecule has 0 atom stereocenters. The number of aryl methyl sites for hydroxylation is 2. The first-order chi connectivity index (χ1) is 14.7. The lowest BCUT2D eigenvalue weighted by Crippen LogP contribution is -2.26. The molecule has 1 heterocycles. The highest BCUT2D eigenvalue weighted by Crippen LogP contribution is 2.26. The number of fused-ring (bicyclic) bond motifs is 1. The van der Waals surface area contributed by atoms with Gasteiger partial charge in [-0.1, -0.05) is 48.5 Å². The molecule has 0 bridgehead atoms. The highest BCUT2D eigenvalue weighted by atomic mass is 16.1. The smallest absolute Gasteiger partial charge is 0.251 e. The minimum absolute atomic E-state index is 0.134. The molecule has 1 amide bonds. The number of hydrogen-bond donors (Lipinski definition) is 1. The number of imidazole rings is 1. The summed E-state index contributed by atoms with van der Waals surface area (Å²) >= 11 is 0. The quantitative estimate of drug-likeness (QED) is 0.482. The molecule has 148 valence electrons. The molecule has 0 aliphatic carbocycles. The number of nitrogens with zero attached hydrogens (tertiary/aromatic N) is 3. The summed E-state index contributed by atoms with van der Waals surface area (Å²) in [5.41, 5.74) is 4.77. The summed E-state index contributed by atoms with van der Waals surface area (Å²) in [5.74, 6) is 0.839. The predicted octanol–water partition coefficient (Wildman–Crippen LogP) is 4.70. The highest BCUT2D eigenvalue weighted by Gasteiger charge is 2.14. The lowest BCUT2D eigenvalue weighted by molar-refractivity contribution is 0.0953. The van der Waals surface area contributed by atoms with Crippen LogP contribution in [0.2, 0.25) is 0 Å². The summed E-state index contributed by atoms with van der Waals surface area (Å²) in [4.78, 5) is 17.5. The molecule has 0 spiro atoms. The van der Waals surface area contributed by atoms with Crippen molar-refractivity contribution in [2.24, 2.45) is 0 Å². The lowest BCUT2D eigenvalue weighted by atomic mass is 9.95. The van der Waals surface area contributed by atoms with Crippen LogP contribution in [0.3, 0.4) is 0 Å². The van der Waals surface area contributed by atoms with Crippen LogP contribution in [0.25, 0.3) is 22.2 Å². The van der Waals surface area contributed by atoms with Gasteiger partial charge < -0.3 is 9.88 Å². The monoisotopic (exact) mass is 394 g/mol. The van der Waals surface area contributed by atoms with Gasteiger partial charge in [-0.2, -0.15) is 5.26 Å². The number of hydrogen-bond acceptors (Lipinski definition) is 3. The molecule has 0 unspecified atom stereocenters. The summed E-state index contributed by atoms with van der Waals surface area (Å²) in [5, 5.41) is 12.4. The summed E-state index contributed by atoms with van der Waals surface area (Å²) in [6, 6.07) is 25.0. The minimum atomic E-state index is -0.134. The second-order valence-corrected chi connectivity index (χ2v) is 7.11. The normalized spacial score (nSPS) is 10.7. The van der Waals surface area contributed by atoms with Gasteiger partial charge in [-0.25, -0.2) is 4.98 Å². The molecule has 4 rings (SSSR count). The van der Waals surface area contributed by atoms with E-state index in [0.29, 0.717) is 17.7 Å². The number of rotatable bonds is 6. The Labute approximate surface area is 175 Å². The van der Waals surface area contributed by atoms with Crippen molar-refractivity contribution >= 4 is 16.9 Å². The summed E-state index contributed by atoms with van der Waals surface area (Å²) < 4.78 is 2.18. The summed E-state index contributed by atoms with van der Waals surface area (Å²) in [6.45, 7) is 3.34. The summed E-state index contributed by atoms with van der Waals surface area (Å²) in [6.07, 6.45) is 0.796. The van der Waals surface area contributed by atoms with Gasteiger partial charge in [0.2, 0.25) is 0 Å². The van der Waals surface area contributed by atoms with Crippen LogP contribution in [0.5, 0.6) is 0 Å². The molecule has 0 aliphatic heterocycles. The van der Waals surface area contributed by atoms with Crippen LogP contribution >= 0.6 is 0 Å². The Kier molecular flexibility index (Phi) is 5.58. The van der Waals surface area contributed by atoms with Gasteiger partial charge in [0.05, 0.1) is 22.7 Å². The number of para-hydroxylation sites is 2. The molecule has 5 nitrogen and oxygen atoms in total. The van der Waals surface area contributed by atoms with E-state index in [1.54, 1.807) is 12.1 Å². The molecule has 1 aromatic heterocycles. The van der Waals surface area contributed by atoms with Crippen molar-refractivity contribution in [1.82, 2.24) is 14.9 Å². The van der Waals surface area contributed by atoms with Crippen molar-refractivity contribution in [3.05, 3.63) is 89.7 Å². The largest absolute Gasteiger partial charge is 0.352 e. The molecule has 4 aromatic rings. The fourth-order valence-corrected chi connectivity index (χ4v) is 3.74. The average Bonchev–Trinajstić information content (AvgIpc) is 3.11. The van der Waals surface area contributed by atoms with Crippen LogP contribution in [-0.4, -0.2) is 22.0 Å². The van der Waals surface area contributed by atoms with Gasteiger partial charge in [-0.3, -0.25) is 4.79 Å². The Morgan fingerprint density at radius 1 is 1.00 bits per heavy atom. The average molecular weight is 394 g/mol. The first-order valence-corrected chi connectivity index (χ1v) is 9.97. The molecule has 0 aliphatic rings. The number of aromatic nitrogens is 2. The topological polar surface area (TPSA) is 70.7 Å². The fourth-order valence-electron chi connectivity index (χ4n) is 3.74. The fraction of sp³-hybridized carbons (Fsp3) is 0.160. The molecule has 3 aromatic carbocycles. The van der Waals surface area contributed by atoms with Crippen molar-refractivity contribution in [1.29, 1.82) is 5.26 Å². The van der Waals surface area contributed by atoms with E-state index in [4.69, 9.17) is 0 Å². The highest BCUT2D eigenvalue weighted by molar-refractivity contribution is 6.01. The maximum Gasteiger partial charge on any atom is 0.251 e. The van der Waals surface area contributed by atoms with Gasteiger partial charge in [0.1, 0.15) is 5.82 Å². The SMILES string of the molecule is Cc1nc2ccccc2n1CCCNC(=O)c1ccccc1-c1ccccc1C#N. The molecular formula is C25H22N4O. The van der Waals surface area contributed by atoms with Gasteiger partial charge in [-0.15, -0.1) is 0 Å². The third-order valence-corrected chi connectivity index (χ3v) is 5.20. The maximum absolute atomic E-state index is 12.9. The van der Waals surface area contributed by atoms with Gasteiger partial charge >= 0.3 is 0 Å². The van der Waals surface area contributed by atoms with E-state index >= 15 is 0 Å². The standard InChI is InChI=1S/C25H22N4O/c1-18-28-23-13-6-7-14-24(23)29(18)16-8-15-27-25(30)22-12-5-4-11-21(22)20-10-3-2-9-19(20)17-26/h2-7,9-14H,8,15-16H2,1H3,(H,27,30). The van der Waals surface area contributed by atoms with Crippen LogP contribution in [-0.2, 0) is 6.54 Å². The number of carbonyl (C=O) groups is 1. The molecule has 0 saturated heterocycles. The zero-order valence-corrected chi connectivity index (χ0v) is 16.8. The van der Waals surface area contributed by atoms with Crippen molar-refractivity contribution < 1.29 is 4.79 Å². The van der Waals surface area contributed by atoms with E-state index in [0.717, 1.165) is 41.0 Å². The molecule has 30 heavy (non-hydrogen) atoms. The van der Waals surface area contributed by atoms with E-state index in [9.17, 15) is 10.1 Å².